The Bertz CT molecular complexity index is 355. The first-order valence-electron chi connectivity index (χ1n) is 4.06. The molecule has 6 nitrogen and oxygen atoms in total. The molecule has 0 aliphatic heterocycles. The molecule has 0 spiro atoms. The molecule has 0 saturated carbocycles. The summed E-state index contributed by atoms with van der Waals surface area (Å²) in [5.41, 5.74) is -1.88. The first-order valence-corrected chi connectivity index (χ1v) is 4.06. The largest absolute Gasteiger partial charge is 0.394 e. The van der Waals surface area contributed by atoms with Crippen LogP contribution < -0.4 is 11.4 Å². The van der Waals surface area contributed by atoms with Gasteiger partial charge in [0, 0.05) is 0 Å². The predicted molar refractivity (Wildman–Crippen MR) is 46.7 cm³/mol. The first kappa shape index (κ1) is 9.79. The van der Waals surface area contributed by atoms with Gasteiger partial charge in [-0.3, -0.25) is 0 Å². The molecular weight excluding hydrogens is 174 g/mol. The zero-order valence-electron chi connectivity index (χ0n) is 7.63. The zero-order chi connectivity index (χ0) is 10.1. The second kappa shape index (κ2) is 3.21. The molecular formula is C7H13N3O3. The van der Waals surface area contributed by atoms with Gasteiger partial charge in [0.05, 0.1) is 12.1 Å². The van der Waals surface area contributed by atoms with Crippen LogP contribution in [0.5, 0.6) is 0 Å². The maximum Gasteiger partial charge on any atom is 0.344 e. The standard InChI is InChI=1S/C7H13N3O3/c1-3-7(2,4-11)10-5(12)8-9-6(10)13/h11H,3-4H2,1-2H3,(H,8,12)(H,9,13). The van der Waals surface area contributed by atoms with E-state index >= 15 is 0 Å². The molecule has 74 valence electrons. The van der Waals surface area contributed by atoms with Crippen molar-refractivity contribution >= 4 is 0 Å². The number of aliphatic hydroxyl groups is 1. The molecule has 0 aliphatic carbocycles. The van der Waals surface area contributed by atoms with Crippen molar-refractivity contribution in [3.63, 3.8) is 0 Å². The molecule has 0 saturated heterocycles. The molecule has 0 bridgehead atoms. The number of nitrogens with zero attached hydrogens (tertiary/aromatic N) is 1. The van der Waals surface area contributed by atoms with Gasteiger partial charge in [-0.05, 0) is 13.3 Å². The van der Waals surface area contributed by atoms with Crippen LogP contribution in [-0.4, -0.2) is 26.5 Å². The molecule has 0 amide bonds. The molecule has 0 radical (unpaired) electrons. The summed E-state index contributed by atoms with van der Waals surface area (Å²) in [4.78, 5) is 22.3. The Hall–Kier alpha value is -1.30. The second-order valence-electron chi connectivity index (χ2n) is 3.20. The van der Waals surface area contributed by atoms with Crippen molar-refractivity contribution in [2.24, 2.45) is 0 Å². The highest BCUT2D eigenvalue weighted by atomic mass is 16.3. The van der Waals surface area contributed by atoms with Gasteiger partial charge >= 0.3 is 11.4 Å². The fourth-order valence-electron chi connectivity index (χ4n) is 1.14. The van der Waals surface area contributed by atoms with Gasteiger partial charge in [0.1, 0.15) is 0 Å². The Morgan fingerprint density at radius 1 is 1.38 bits per heavy atom. The summed E-state index contributed by atoms with van der Waals surface area (Å²) in [7, 11) is 0. The number of hydrogen-bond acceptors (Lipinski definition) is 3. The summed E-state index contributed by atoms with van der Waals surface area (Å²) >= 11 is 0. The summed E-state index contributed by atoms with van der Waals surface area (Å²) in [5.74, 6) is 0. The molecule has 1 unspecified atom stereocenters. The molecule has 13 heavy (non-hydrogen) atoms. The molecule has 0 aliphatic rings. The lowest BCUT2D eigenvalue weighted by atomic mass is 10.0. The zero-order valence-corrected chi connectivity index (χ0v) is 7.63. The molecule has 1 aromatic heterocycles. The van der Waals surface area contributed by atoms with Crippen molar-refractivity contribution in [2.45, 2.75) is 25.8 Å². The number of aromatic amines is 2. The second-order valence-corrected chi connectivity index (χ2v) is 3.20. The van der Waals surface area contributed by atoms with Gasteiger partial charge in [-0.2, -0.15) is 0 Å². The monoisotopic (exact) mass is 187 g/mol. The Morgan fingerprint density at radius 3 is 2.15 bits per heavy atom. The number of aromatic nitrogens is 3. The van der Waals surface area contributed by atoms with E-state index in [0.717, 1.165) is 4.57 Å². The average Bonchev–Trinajstić information content (AvgIpc) is 2.46. The molecule has 1 heterocycles. The predicted octanol–water partition coefficient (Wildman–Crippen LogP) is -1.02. The van der Waals surface area contributed by atoms with Crippen LogP contribution in [0.2, 0.25) is 0 Å². The molecule has 3 N–H and O–H groups in total. The van der Waals surface area contributed by atoms with Crippen LogP contribution in [-0.2, 0) is 5.54 Å². The van der Waals surface area contributed by atoms with Gasteiger partial charge in [0.25, 0.3) is 0 Å². The van der Waals surface area contributed by atoms with Crippen molar-refractivity contribution < 1.29 is 5.11 Å². The summed E-state index contributed by atoms with van der Waals surface area (Å²) in [6.07, 6.45) is 0.504. The highest BCUT2D eigenvalue weighted by molar-refractivity contribution is 4.84. The van der Waals surface area contributed by atoms with Crippen molar-refractivity contribution in [1.29, 1.82) is 0 Å². The van der Waals surface area contributed by atoms with E-state index in [-0.39, 0.29) is 6.61 Å². The van der Waals surface area contributed by atoms with Gasteiger partial charge < -0.3 is 5.11 Å². The number of nitrogens with one attached hydrogen (secondary N) is 2. The fourth-order valence-corrected chi connectivity index (χ4v) is 1.14. The lowest BCUT2D eigenvalue weighted by Crippen LogP contribution is -2.45. The van der Waals surface area contributed by atoms with Gasteiger partial charge in [0.2, 0.25) is 0 Å². The van der Waals surface area contributed by atoms with Gasteiger partial charge in [0.15, 0.2) is 0 Å². The lowest BCUT2D eigenvalue weighted by Gasteiger charge is -2.24. The molecule has 0 fully saturated rings. The lowest BCUT2D eigenvalue weighted by molar-refractivity contribution is 0.137. The van der Waals surface area contributed by atoms with E-state index in [4.69, 9.17) is 5.11 Å². The van der Waals surface area contributed by atoms with Crippen LogP contribution in [0.4, 0.5) is 0 Å². The minimum absolute atomic E-state index is 0.246. The number of aliphatic hydroxyl groups excluding tert-OH is 1. The molecule has 1 aromatic rings. The number of rotatable bonds is 3. The normalized spacial score (nSPS) is 15.6. The van der Waals surface area contributed by atoms with Crippen LogP contribution in [0.15, 0.2) is 9.59 Å². The third kappa shape index (κ3) is 1.44. The van der Waals surface area contributed by atoms with Crippen LogP contribution in [0.25, 0.3) is 0 Å². The molecule has 1 rings (SSSR count). The smallest absolute Gasteiger partial charge is 0.344 e. The van der Waals surface area contributed by atoms with E-state index < -0.39 is 16.9 Å². The Labute approximate surface area is 74.2 Å². The van der Waals surface area contributed by atoms with Crippen molar-refractivity contribution in [1.82, 2.24) is 14.8 Å². The third-order valence-electron chi connectivity index (χ3n) is 2.32. The number of hydrogen-bond donors (Lipinski definition) is 3. The third-order valence-corrected chi connectivity index (χ3v) is 2.32. The Balaban J connectivity index is 3.35. The number of H-pyrrole nitrogens is 2. The Kier molecular flexibility index (Phi) is 2.42. The van der Waals surface area contributed by atoms with Gasteiger partial charge in [-0.15, -0.1) is 0 Å². The van der Waals surface area contributed by atoms with Gasteiger partial charge in [-0.1, -0.05) is 6.92 Å². The van der Waals surface area contributed by atoms with Gasteiger partial charge in [-0.25, -0.2) is 24.4 Å². The quantitative estimate of drug-likeness (QED) is 0.565. The SMILES string of the molecule is CCC(C)(CO)n1c(=O)[nH][nH]c1=O. The average molecular weight is 187 g/mol. The summed E-state index contributed by atoms with van der Waals surface area (Å²) in [6.45, 7) is 3.21. The van der Waals surface area contributed by atoms with E-state index in [1.54, 1.807) is 13.8 Å². The van der Waals surface area contributed by atoms with E-state index in [1.807, 2.05) is 0 Å². The van der Waals surface area contributed by atoms with Crippen LogP contribution in [0.3, 0.4) is 0 Å². The van der Waals surface area contributed by atoms with E-state index in [9.17, 15) is 9.59 Å². The maximum atomic E-state index is 11.2. The summed E-state index contributed by atoms with van der Waals surface area (Å²) < 4.78 is 0.993. The van der Waals surface area contributed by atoms with Crippen LogP contribution in [0, 0.1) is 0 Å². The molecule has 0 aromatic carbocycles. The first-order chi connectivity index (χ1) is 6.05. The summed E-state index contributed by atoms with van der Waals surface area (Å²) in [6, 6.07) is 0. The highest BCUT2D eigenvalue weighted by Crippen LogP contribution is 2.14. The van der Waals surface area contributed by atoms with Crippen LogP contribution >= 0.6 is 0 Å². The van der Waals surface area contributed by atoms with E-state index in [0.29, 0.717) is 6.42 Å². The van der Waals surface area contributed by atoms with Crippen molar-refractivity contribution in [3.05, 3.63) is 21.0 Å². The molecule has 1 atom stereocenters. The van der Waals surface area contributed by atoms with Crippen molar-refractivity contribution in [2.75, 3.05) is 6.61 Å². The Morgan fingerprint density at radius 2 is 1.85 bits per heavy atom. The highest BCUT2D eigenvalue weighted by Gasteiger charge is 2.27. The fraction of sp³-hybridized carbons (Fsp3) is 0.714. The topological polar surface area (TPSA) is 90.9 Å². The molecule has 6 heteroatoms. The summed E-state index contributed by atoms with van der Waals surface area (Å²) in [5, 5.41) is 13.4. The maximum absolute atomic E-state index is 11.2. The van der Waals surface area contributed by atoms with E-state index in [2.05, 4.69) is 10.2 Å². The minimum atomic E-state index is -0.829. The minimum Gasteiger partial charge on any atom is -0.394 e. The van der Waals surface area contributed by atoms with Crippen molar-refractivity contribution in [3.8, 4) is 0 Å². The van der Waals surface area contributed by atoms with E-state index in [1.165, 1.54) is 0 Å². The van der Waals surface area contributed by atoms with Crippen LogP contribution in [0.1, 0.15) is 20.3 Å².